The number of benzene rings is 1. The summed E-state index contributed by atoms with van der Waals surface area (Å²) in [5.74, 6) is 1.33. The molecule has 0 amide bonds. The lowest BCUT2D eigenvalue weighted by Crippen LogP contribution is -2.10. The molecule has 0 saturated heterocycles. The van der Waals surface area contributed by atoms with Crippen molar-refractivity contribution >= 4 is 5.78 Å². The minimum absolute atomic E-state index is 0.0306. The third-order valence-electron chi connectivity index (χ3n) is 2.69. The maximum absolute atomic E-state index is 11.6. The van der Waals surface area contributed by atoms with E-state index in [1.165, 1.54) is 7.11 Å². The zero-order valence-corrected chi connectivity index (χ0v) is 12.3. The third-order valence-corrected chi connectivity index (χ3v) is 2.69. The summed E-state index contributed by atoms with van der Waals surface area (Å²) in [6.45, 7) is 1.31. The molecule has 0 aliphatic carbocycles. The summed E-state index contributed by atoms with van der Waals surface area (Å²) in [4.78, 5) is 11.6. The summed E-state index contributed by atoms with van der Waals surface area (Å²) in [5, 5.41) is 0. The Balaban J connectivity index is 2.67. The standard InChI is InChI=1S/C15H22O5/c1-17-7-4-8-20-15-10-12(5-6-14(15)19-3)9-13(16)11-18-2/h5-6,10H,4,7-9,11H2,1-3H3. The van der Waals surface area contributed by atoms with Crippen LogP contribution in [0.2, 0.25) is 0 Å². The molecule has 0 bridgehead atoms. The van der Waals surface area contributed by atoms with E-state index in [2.05, 4.69) is 0 Å². The Morgan fingerprint density at radius 3 is 2.50 bits per heavy atom. The van der Waals surface area contributed by atoms with Crippen molar-refractivity contribution in [2.75, 3.05) is 41.2 Å². The Hall–Kier alpha value is -1.59. The summed E-state index contributed by atoms with van der Waals surface area (Å²) in [6.07, 6.45) is 1.12. The lowest BCUT2D eigenvalue weighted by molar-refractivity contribution is -0.121. The van der Waals surface area contributed by atoms with Gasteiger partial charge < -0.3 is 18.9 Å². The highest BCUT2D eigenvalue weighted by Crippen LogP contribution is 2.28. The summed E-state index contributed by atoms with van der Waals surface area (Å²) in [5.41, 5.74) is 0.884. The predicted octanol–water partition coefficient (Wildman–Crippen LogP) is 1.87. The van der Waals surface area contributed by atoms with Gasteiger partial charge in [0.15, 0.2) is 17.3 Å². The molecule has 1 rings (SSSR count). The first-order valence-electron chi connectivity index (χ1n) is 6.50. The van der Waals surface area contributed by atoms with E-state index in [0.29, 0.717) is 31.1 Å². The van der Waals surface area contributed by atoms with Gasteiger partial charge in [-0.3, -0.25) is 4.79 Å². The number of carbonyl (C=O) groups excluding carboxylic acids is 1. The molecule has 5 nitrogen and oxygen atoms in total. The first-order valence-corrected chi connectivity index (χ1v) is 6.50. The van der Waals surface area contributed by atoms with Gasteiger partial charge in [0.25, 0.3) is 0 Å². The molecular formula is C15H22O5. The summed E-state index contributed by atoms with van der Waals surface area (Å²) >= 11 is 0. The molecule has 0 radical (unpaired) electrons. The van der Waals surface area contributed by atoms with E-state index >= 15 is 0 Å². The Bertz CT molecular complexity index is 417. The minimum Gasteiger partial charge on any atom is -0.493 e. The van der Waals surface area contributed by atoms with Crippen LogP contribution in [0.25, 0.3) is 0 Å². The molecule has 0 aromatic heterocycles. The third kappa shape index (κ3) is 5.59. The molecule has 0 heterocycles. The van der Waals surface area contributed by atoms with Gasteiger partial charge >= 0.3 is 0 Å². The average molecular weight is 282 g/mol. The van der Waals surface area contributed by atoms with Crippen LogP contribution in [0.1, 0.15) is 12.0 Å². The predicted molar refractivity (Wildman–Crippen MR) is 75.6 cm³/mol. The fourth-order valence-electron chi connectivity index (χ4n) is 1.77. The van der Waals surface area contributed by atoms with Gasteiger partial charge in [0.05, 0.1) is 13.7 Å². The van der Waals surface area contributed by atoms with E-state index in [4.69, 9.17) is 18.9 Å². The number of ether oxygens (including phenoxy) is 4. The fraction of sp³-hybridized carbons (Fsp3) is 0.533. The van der Waals surface area contributed by atoms with Crippen LogP contribution in [0.5, 0.6) is 11.5 Å². The van der Waals surface area contributed by atoms with Crippen molar-refractivity contribution in [3.63, 3.8) is 0 Å². The van der Waals surface area contributed by atoms with E-state index in [1.807, 2.05) is 12.1 Å². The molecular weight excluding hydrogens is 260 g/mol. The van der Waals surface area contributed by atoms with Crippen LogP contribution in [0.15, 0.2) is 18.2 Å². The zero-order valence-electron chi connectivity index (χ0n) is 12.3. The molecule has 0 unspecified atom stereocenters. The highest BCUT2D eigenvalue weighted by molar-refractivity contribution is 5.82. The molecule has 0 N–H and O–H groups in total. The normalized spacial score (nSPS) is 10.3. The first kappa shape index (κ1) is 16.5. The Morgan fingerprint density at radius 1 is 1.05 bits per heavy atom. The largest absolute Gasteiger partial charge is 0.493 e. The minimum atomic E-state index is 0.0306. The first-order chi connectivity index (χ1) is 9.71. The molecule has 0 aliphatic rings. The molecule has 0 saturated carbocycles. The second-order valence-corrected chi connectivity index (χ2v) is 4.33. The van der Waals surface area contributed by atoms with Crippen LogP contribution in [-0.2, 0) is 20.7 Å². The Kier molecular flexibility index (Phi) is 7.69. The van der Waals surface area contributed by atoms with Crippen molar-refractivity contribution in [3.8, 4) is 11.5 Å². The smallest absolute Gasteiger partial charge is 0.162 e. The second kappa shape index (κ2) is 9.34. The zero-order chi connectivity index (χ0) is 14.8. The van der Waals surface area contributed by atoms with Gasteiger partial charge in [0.1, 0.15) is 6.61 Å². The van der Waals surface area contributed by atoms with Gasteiger partial charge in [-0.25, -0.2) is 0 Å². The van der Waals surface area contributed by atoms with Crippen LogP contribution in [0, 0.1) is 0 Å². The monoisotopic (exact) mass is 282 g/mol. The van der Waals surface area contributed by atoms with Crippen LogP contribution in [-0.4, -0.2) is 46.9 Å². The van der Waals surface area contributed by atoms with E-state index in [0.717, 1.165) is 12.0 Å². The topological polar surface area (TPSA) is 54.0 Å². The number of ketones is 1. The Labute approximate surface area is 119 Å². The molecule has 0 fully saturated rings. The quantitative estimate of drug-likeness (QED) is 0.613. The van der Waals surface area contributed by atoms with Gasteiger partial charge in [-0.05, 0) is 17.7 Å². The maximum Gasteiger partial charge on any atom is 0.162 e. The highest BCUT2D eigenvalue weighted by Gasteiger charge is 2.09. The van der Waals surface area contributed by atoms with E-state index in [1.54, 1.807) is 20.3 Å². The molecule has 1 aromatic rings. The molecule has 0 spiro atoms. The molecule has 1 aromatic carbocycles. The average Bonchev–Trinajstić information content (AvgIpc) is 2.44. The SMILES string of the molecule is COCCCOc1cc(CC(=O)COC)ccc1OC. The molecule has 20 heavy (non-hydrogen) atoms. The maximum atomic E-state index is 11.6. The van der Waals surface area contributed by atoms with Gasteiger partial charge in [-0.1, -0.05) is 6.07 Å². The van der Waals surface area contributed by atoms with Gasteiger partial charge in [-0.15, -0.1) is 0 Å². The summed E-state index contributed by atoms with van der Waals surface area (Å²) in [6, 6.07) is 5.49. The van der Waals surface area contributed by atoms with E-state index < -0.39 is 0 Å². The Morgan fingerprint density at radius 2 is 1.85 bits per heavy atom. The lowest BCUT2D eigenvalue weighted by Gasteiger charge is -2.12. The number of hydrogen-bond donors (Lipinski definition) is 0. The van der Waals surface area contributed by atoms with Crippen molar-refractivity contribution in [1.82, 2.24) is 0 Å². The van der Waals surface area contributed by atoms with Gasteiger partial charge in [0.2, 0.25) is 0 Å². The number of Topliss-reactive ketones (excluding diaryl/α,β-unsaturated/α-hetero) is 1. The van der Waals surface area contributed by atoms with Crippen molar-refractivity contribution in [2.24, 2.45) is 0 Å². The van der Waals surface area contributed by atoms with E-state index in [9.17, 15) is 4.79 Å². The number of carbonyl (C=O) groups is 1. The van der Waals surface area contributed by atoms with E-state index in [-0.39, 0.29) is 12.4 Å². The van der Waals surface area contributed by atoms with Gasteiger partial charge in [-0.2, -0.15) is 0 Å². The van der Waals surface area contributed by atoms with Crippen molar-refractivity contribution in [3.05, 3.63) is 23.8 Å². The van der Waals surface area contributed by atoms with Crippen LogP contribution < -0.4 is 9.47 Å². The molecule has 0 atom stereocenters. The van der Waals surface area contributed by atoms with Gasteiger partial charge in [0, 0.05) is 33.7 Å². The van der Waals surface area contributed by atoms with Crippen LogP contribution in [0.3, 0.4) is 0 Å². The lowest BCUT2D eigenvalue weighted by atomic mass is 10.1. The highest BCUT2D eigenvalue weighted by atomic mass is 16.5. The van der Waals surface area contributed by atoms with Crippen LogP contribution in [0.4, 0.5) is 0 Å². The van der Waals surface area contributed by atoms with Crippen LogP contribution >= 0.6 is 0 Å². The fourth-order valence-corrected chi connectivity index (χ4v) is 1.77. The van der Waals surface area contributed by atoms with Crippen molar-refractivity contribution < 1.29 is 23.7 Å². The van der Waals surface area contributed by atoms with Crippen molar-refractivity contribution in [2.45, 2.75) is 12.8 Å². The molecule has 112 valence electrons. The number of hydrogen-bond acceptors (Lipinski definition) is 5. The number of methoxy groups -OCH3 is 3. The van der Waals surface area contributed by atoms with Crippen molar-refractivity contribution in [1.29, 1.82) is 0 Å². The summed E-state index contributed by atoms with van der Waals surface area (Å²) in [7, 11) is 4.76. The number of rotatable bonds is 10. The summed E-state index contributed by atoms with van der Waals surface area (Å²) < 4.78 is 20.7. The second-order valence-electron chi connectivity index (χ2n) is 4.33. The molecule has 0 aliphatic heterocycles. The molecule has 5 heteroatoms.